The average Bonchev–Trinajstić information content (AvgIpc) is 2.95. The Morgan fingerprint density at radius 1 is 1.35 bits per heavy atom. The summed E-state index contributed by atoms with van der Waals surface area (Å²) < 4.78 is 5.25. The van der Waals surface area contributed by atoms with Crippen LogP contribution in [0.2, 0.25) is 0 Å². The van der Waals surface area contributed by atoms with Gasteiger partial charge in [0.25, 0.3) is 5.89 Å². The van der Waals surface area contributed by atoms with Gasteiger partial charge >= 0.3 is 0 Å². The van der Waals surface area contributed by atoms with Crippen LogP contribution < -0.4 is 5.32 Å². The third kappa shape index (κ3) is 2.37. The highest BCUT2D eigenvalue weighted by molar-refractivity contribution is 7.07. The first-order valence-electron chi connectivity index (χ1n) is 5.89. The molecule has 0 amide bonds. The van der Waals surface area contributed by atoms with Crippen molar-refractivity contribution < 1.29 is 4.52 Å². The summed E-state index contributed by atoms with van der Waals surface area (Å²) >= 11 is 1.53. The van der Waals surface area contributed by atoms with Gasteiger partial charge in [-0.2, -0.15) is 4.98 Å². The van der Waals surface area contributed by atoms with Crippen LogP contribution in [0.15, 0.2) is 15.4 Å². The fraction of sp³-hybridized carbons (Fsp3) is 0.545. The summed E-state index contributed by atoms with van der Waals surface area (Å²) in [5.74, 6) is 1.28. The van der Waals surface area contributed by atoms with Gasteiger partial charge < -0.3 is 9.84 Å². The van der Waals surface area contributed by atoms with Crippen molar-refractivity contribution in [2.45, 2.75) is 31.7 Å². The molecule has 1 fully saturated rings. The smallest absolute Gasteiger partial charge is 0.277 e. The summed E-state index contributed by atoms with van der Waals surface area (Å²) in [7, 11) is 0. The van der Waals surface area contributed by atoms with Gasteiger partial charge in [-0.3, -0.25) is 0 Å². The number of hydrogen-bond donors (Lipinski definition) is 1. The van der Waals surface area contributed by atoms with Crippen molar-refractivity contribution in [3.8, 4) is 11.6 Å². The molecule has 2 aromatic heterocycles. The van der Waals surface area contributed by atoms with Gasteiger partial charge in [-0.15, -0.1) is 11.3 Å². The van der Waals surface area contributed by atoms with E-state index in [2.05, 4.69) is 20.4 Å². The van der Waals surface area contributed by atoms with Crippen LogP contribution in [0, 0.1) is 0 Å². The Balaban J connectivity index is 1.79. The number of rotatable bonds is 2. The molecule has 0 spiro atoms. The zero-order chi connectivity index (χ0) is 11.5. The fourth-order valence-electron chi connectivity index (χ4n) is 2.05. The third-order valence-electron chi connectivity index (χ3n) is 2.97. The van der Waals surface area contributed by atoms with E-state index >= 15 is 0 Å². The Morgan fingerprint density at radius 3 is 3.24 bits per heavy atom. The first-order chi connectivity index (χ1) is 8.43. The van der Waals surface area contributed by atoms with Crippen LogP contribution in [0.4, 0.5) is 0 Å². The highest BCUT2D eigenvalue weighted by atomic mass is 32.1. The quantitative estimate of drug-likeness (QED) is 0.886. The van der Waals surface area contributed by atoms with Crippen LogP contribution in [-0.4, -0.2) is 21.7 Å². The molecule has 0 aromatic carbocycles. The molecule has 1 aliphatic heterocycles. The van der Waals surface area contributed by atoms with Crippen molar-refractivity contribution in [2.24, 2.45) is 0 Å². The maximum atomic E-state index is 5.25. The van der Waals surface area contributed by atoms with E-state index in [1.54, 1.807) is 5.51 Å². The molecule has 6 heteroatoms. The second-order valence-electron chi connectivity index (χ2n) is 4.19. The van der Waals surface area contributed by atoms with Crippen LogP contribution in [0.25, 0.3) is 11.6 Å². The summed E-state index contributed by atoms with van der Waals surface area (Å²) in [6.45, 7) is 1.03. The van der Waals surface area contributed by atoms with Gasteiger partial charge in [-0.05, 0) is 19.4 Å². The summed E-state index contributed by atoms with van der Waals surface area (Å²) in [6, 6.07) is 0.230. The van der Waals surface area contributed by atoms with Crippen LogP contribution in [-0.2, 0) is 0 Å². The molecule has 3 heterocycles. The van der Waals surface area contributed by atoms with Gasteiger partial charge in [0.1, 0.15) is 5.69 Å². The van der Waals surface area contributed by atoms with E-state index < -0.39 is 0 Å². The molecular weight excluding hydrogens is 236 g/mol. The van der Waals surface area contributed by atoms with E-state index in [-0.39, 0.29) is 6.04 Å². The molecule has 90 valence electrons. The predicted molar refractivity (Wildman–Crippen MR) is 64.6 cm³/mol. The number of hydrogen-bond acceptors (Lipinski definition) is 6. The van der Waals surface area contributed by atoms with Crippen molar-refractivity contribution in [2.75, 3.05) is 6.54 Å². The number of aromatic nitrogens is 3. The molecule has 0 saturated carbocycles. The minimum atomic E-state index is 0.230. The average molecular weight is 250 g/mol. The zero-order valence-corrected chi connectivity index (χ0v) is 10.2. The molecule has 1 N–H and O–H groups in total. The Bertz CT molecular complexity index is 460. The summed E-state index contributed by atoms with van der Waals surface area (Å²) in [5.41, 5.74) is 2.53. The molecule has 1 aliphatic rings. The van der Waals surface area contributed by atoms with Gasteiger partial charge in [0.05, 0.1) is 11.6 Å². The molecule has 1 atom stereocenters. The number of nitrogens with zero attached hydrogens (tertiary/aromatic N) is 3. The van der Waals surface area contributed by atoms with Crippen molar-refractivity contribution >= 4 is 11.3 Å². The zero-order valence-electron chi connectivity index (χ0n) is 9.43. The third-order valence-corrected chi connectivity index (χ3v) is 3.55. The largest absolute Gasteiger partial charge is 0.332 e. The van der Waals surface area contributed by atoms with Gasteiger partial charge in [0.15, 0.2) is 5.82 Å². The van der Waals surface area contributed by atoms with E-state index in [4.69, 9.17) is 4.52 Å². The summed E-state index contributed by atoms with van der Waals surface area (Å²) in [5, 5.41) is 9.42. The Hall–Kier alpha value is -1.27. The minimum Gasteiger partial charge on any atom is -0.332 e. The molecule has 1 saturated heterocycles. The minimum absolute atomic E-state index is 0.230. The first kappa shape index (κ1) is 10.9. The van der Waals surface area contributed by atoms with Crippen molar-refractivity contribution in [3.05, 3.63) is 16.7 Å². The Morgan fingerprint density at radius 2 is 2.35 bits per heavy atom. The summed E-state index contributed by atoms with van der Waals surface area (Å²) in [4.78, 5) is 8.59. The molecular formula is C11H14N4OS. The standard InChI is InChI=1S/C11H14N4OS/c1-2-4-8(12-5-3-1)10-14-11(16-15-10)9-6-17-7-13-9/h6-8,12H,1-5H2. The molecule has 3 rings (SSSR count). The monoisotopic (exact) mass is 250 g/mol. The van der Waals surface area contributed by atoms with Crippen molar-refractivity contribution in [1.29, 1.82) is 0 Å². The van der Waals surface area contributed by atoms with E-state index in [0.717, 1.165) is 24.5 Å². The predicted octanol–water partition coefficient (Wildman–Crippen LogP) is 2.40. The highest BCUT2D eigenvalue weighted by Gasteiger charge is 2.20. The molecule has 1 unspecified atom stereocenters. The molecule has 0 bridgehead atoms. The van der Waals surface area contributed by atoms with Gasteiger partial charge in [0, 0.05) is 5.38 Å². The van der Waals surface area contributed by atoms with Crippen LogP contribution >= 0.6 is 11.3 Å². The maximum Gasteiger partial charge on any atom is 0.277 e. The first-order valence-corrected chi connectivity index (χ1v) is 6.83. The molecule has 2 aromatic rings. The Labute approximate surface area is 103 Å². The van der Waals surface area contributed by atoms with Gasteiger partial charge in [-0.1, -0.05) is 18.0 Å². The van der Waals surface area contributed by atoms with E-state index in [1.165, 1.54) is 30.6 Å². The Kier molecular flexibility index (Phi) is 3.15. The fourth-order valence-corrected chi connectivity index (χ4v) is 2.57. The second kappa shape index (κ2) is 4.93. The SMILES string of the molecule is c1nc(-c2nc(C3CCCCCN3)no2)cs1. The lowest BCUT2D eigenvalue weighted by molar-refractivity contribution is 0.402. The normalized spacial score (nSPS) is 21.3. The number of nitrogens with one attached hydrogen (secondary N) is 1. The van der Waals surface area contributed by atoms with E-state index in [1.807, 2.05) is 5.38 Å². The lowest BCUT2D eigenvalue weighted by Gasteiger charge is -2.09. The summed E-state index contributed by atoms with van der Waals surface area (Å²) in [6.07, 6.45) is 4.81. The molecule has 5 nitrogen and oxygen atoms in total. The van der Waals surface area contributed by atoms with Gasteiger partial charge in [-0.25, -0.2) is 4.98 Å². The maximum absolute atomic E-state index is 5.25. The lowest BCUT2D eigenvalue weighted by atomic mass is 10.1. The van der Waals surface area contributed by atoms with Crippen molar-refractivity contribution in [1.82, 2.24) is 20.4 Å². The molecule has 0 aliphatic carbocycles. The van der Waals surface area contributed by atoms with E-state index in [9.17, 15) is 0 Å². The van der Waals surface area contributed by atoms with Crippen LogP contribution in [0.3, 0.4) is 0 Å². The topological polar surface area (TPSA) is 63.8 Å². The second-order valence-corrected chi connectivity index (χ2v) is 4.91. The van der Waals surface area contributed by atoms with Crippen molar-refractivity contribution in [3.63, 3.8) is 0 Å². The lowest BCUT2D eigenvalue weighted by Crippen LogP contribution is -2.21. The number of thiazole rings is 1. The van der Waals surface area contributed by atoms with Crippen LogP contribution in [0.1, 0.15) is 37.5 Å². The van der Waals surface area contributed by atoms with Gasteiger partial charge in [0.2, 0.25) is 0 Å². The molecule has 0 radical (unpaired) electrons. The van der Waals surface area contributed by atoms with Crippen LogP contribution in [0.5, 0.6) is 0 Å². The molecule has 17 heavy (non-hydrogen) atoms. The highest BCUT2D eigenvalue weighted by Crippen LogP contribution is 2.23. The van der Waals surface area contributed by atoms with E-state index in [0.29, 0.717) is 5.89 Å².